The van der Waals surface area contributed by atoms with Crippen LogP contribution in [0.15, 0.2) is 122 Å². The number of H-pyrrole nitrogens is 2. The standard InChI is InChI=1S/C71H87N7O6/c1-4-7-10-13-16-19-40-76-43-34-51(35-44-76)65-57-28-26-55(72-57)64(50-22-24-54(25-23-50)83-71-70(82)69(81)68(80)63(49-79)84-71)56-27-29-58(73-56)66(52-36-45-77(46-37-52)41-20-17-14-11-8-5-2)60-31-33-62(75-60)67(61-32-30-59(65)74-61)53-38-47-78(48-39-53)42-21-18-15-12-9-6-3/h22-39,43-48,63,68-71,79-82H,4-21,40-42,49H2,1-3H3,(H,72,73,74,75)/q+2/p+1/t63-,68-,69+,70-,71-/m1/s1. The molecule has 0 aliphatic carbocycles. The number of benzene rings is 1. The molecule has 6 N–H and O–H groups in total. The van der Waals surface area contributed by atoms with E-state index in [-0.39, 0.29) is 0 Å². The minimum Gasteiger partial charge on any atom is -0.462 e. The molecule has 84 heavy (non-hydrogen) atoms. The summed E-state index contributed by atoms with van der Waals surface area (Å²) in [6.45, 7) is 9.13. The normalized spacial score (nSPS) is 17.5. The van der Waals surface area contributed by atoms with Crippen LogP contribution >= 0.6 is 0 Å². The SMILES string of the molecule is CCCCCCCC[n+]1ccc(-c2c3nc(c(-c4cc[n+](CCCCCCCC)cc4)c4ccc([nH]4)c(-c4ccc(O[C@@H]5O[C@H](CO)[C@@H](O)[C@H](O)[C@H]5O)cc4)c4ccc([nH]4)c(-c4cc[n+](CCCCCCCC)cc4)c4nc2C=C4)C=C3)cc1. The van der Waals surface area contributed by atoms with E-state index in [9.17, 15) is 20.4 Å². The fourth-order valence-electron chi connectivity index (χ4n) is 12.0. The number of hydrogen-bond acceptors (Lipinski definition) is 8. The van der Waals surface area contributed by atoms with Crippen molar-refractivity contribution in [1.29, 1.82) is 0 Å². The number of pyridine rings is 3. The van der Waals surface area contributed by atoms with Crippen LogP contribution in [0.3, 0.4) is 0 Å². The predicted molar refractivity (Wildman–Crippen MR) is 336 cm³/mol. The van der Waals surface area contributed by atoms with E-state index in [2.05, 4.69) is 167 Å². The summed E-state index contributed by atoms with van der Waals surface area (Å²) in [5.41, 5.74) is 14.7. The van der Waals surface area contributed by atoms with Crippen molar-refractivity contribution < 1.29 is 43.6 Å². The predicted octanol–water partition coefficient (Wildman–Crippen LogP) is 13.4. The van der Waals surface area contributed by atoms with Crippen LogP contribution in [0.25, 0.3) is 90.9 Å². The first-order valence-electron chi connectivity index (χ1n) is 31.5. The number of unbranched alkanes of at least 4 members (excludes halogenated alkanes) is 15. The molecule has 5 atom stereocenters. The zero-order chi connectivity index (χ0) is 58.2. The van der Waals surface area contributed by atoms with Gasteiger partial charge in [0.15, 0.2) is 37.2 Å². The number of nitrogens with one attached hydrogen (secondary N) is 2. The van der Waals surface area contributed by atoms with Gasteiger partial charge in [0.25, 0.3) is 0 Å². The van der Waals surface area contributed by atoms with Gasteiger partial charge in [0, 0.05) is 100.0 Å². The molecule has 13 heteroatoms. The second-order valence-corrected chi connectivity index (χ2v) is 23.1. The lowest BCUT2D eigenvalue weighted by atomic mass is 9.99. The third kappa shape index (κ3) is 14.7. The van der Waals surface area contributed by atoms with Gasteiger partial charge in [-0.05, 0) is 102 Å². The van der Waals surface area contributed by atoms with E-state index in [1.807, 2.05) is 12.1 Å². The van der Waals surface area contributed by atoms with E-state index in [0.29, 0.717) is 5.75 Å². The van der Waals surface area contributed by atoms with Crippen LogP contribution in [-0.4, -0.2) is 77.7 Å². The zero-order valence-corrected chi connectivity index (χ0v) is 49.6. The Morgan fingerprint density at radius 1 is 0.405 bits per heavy atom. The minimum absolute atomic E-state index is 0.369. The highest BCUT2D eigenvalue weighted by atomic mass is 16.7. The molecule has 10 rings (SSSR count). The minimum atomic E-state index is -1.56. The van der Waals surface area contributed by atoms with Gasteiger partial charge in [-0.15, -0.1) is 0 Å². The zero-order valence-electron chi connectivity index (χ0n) is 49.6. The average Bonchev–Trinajstić information content (AvgIpc) is 4.35. The number of nitrogens with zero attached hydrogens (tertiary/aromatic N) is 5. The monoisotopic (exact) mass is 1130 g/mol. The smallest absolute Gasteiger partial charge is 0.229 e. The van der Waals surface area contributed by atoms with Gasteiger partial charge in [0.1, 0.15) is 49.8 Å². The summed E-state index contributed by atoms with van der Waals surface area (Å²) < 4.78 is 18.7. The van der Waals surface area contributed by atoms with Gasteiger partial charge in [-0.25, -0.2) is 23.7 Å². The summed E-state index contributed by atoms with van der Waals surface area (Å²) in [5, 5.41) is 41.7. The Labute approximate surface area is 496 Å². The van der Waals surface area contributed by atoms with Crippen LogP contribution < -0.4 is 18.4 Å². The summed E-state index contributed by atoms with van der Waals surface area (Å²) in [7, 11) is 0. The molecule has 8 bridgehead atoms. The van der Waals surface area contributed by atoms with Crippen molar-refractivity contribution in [3.05, 3.63) is 145 Å². The van der Waals surface area contributed by atoms with Gasteiger partial charge in [-0.3, -0.25) is 0 Å². The van der Waals surface area contributed by atoms with Gasteiger partial charge >= 0.3 is 0 Å². The molecule has 0 radical (unpaired) electrons. The van der Waals surface area contributed by atoms with Crippen LogP contribution in [0.2, 0.25) is 0 Å². The van der Waals surface area contributed by atoms with Crippen molar-refractivity contribution in [3.8, 4) is 50.3 Å². The Morgan fingerprint density at radius 2 is 0.750 bits per heavy atom. The number of aromatic nitrogens is 7. The van der Waals surface area contributed by atoms with E-state index >= 15 is 0 Å². The summed E-state index contributed by atoms with van der Waals surface area (Å²) >= 11 is 0. The first-order chi connectivity index (χ1) is 41.2. The third-order valence-electron chi connectivity index (χ3n) is 16.8. The summed E-state index contributed by atoms with van der Waals surface area (Å²) in [6, 6.07) is 29.3. The fourth-order valence-corrected chi connectivity index (χ4v) is 12.0. The van der Waals surface area contributed by atoms with Crippen molar-refractivity contribution >= 4 is 46.4 Å². The molecular formula is C71H88N7O6+3. The van der Waals surface area contributed by atoms with Gasteiger partial charge in [0.2, 0.25) is 6.29 Å². The lowest BCUT2D eigenvalue weighted by Crippen LogP contribution is -2.60. The van der Waals surface area contributed by atoms with Gasteiger partial charge in [-0.1, -0.05) is 110 Å². The molecule has 0 spiro atoms. The molecular weight excluding hydrogens is 1050 g/mol. The second kappa shape index (κ2) is 29.6. The molecule has 1 saturated heterocycles. The van der Waals surface area contributed by atoms with Crippen molar-refractivity contribution in [2.45, 2.75) is 187 Å². The van der Waals surface area contributed by atoms with E-state index in [4.69, 9.17) is 19.4 Å². The van der Waals surface area contributed by atoms with Crippen LogP contribution in [0, 0.1) is 0 Å². The number of ether oxygens (including phenoxy) is 2. The maximum Gasteiger partial charge on any atom is 0.229 e. The molecule has 6 aromatic heterocycles. The Bertz CT molecular complexity index is 3320. The number of rotatable bonds is 28. The first kappa shape index (κ1) is 60.0. The highest BCUT2D eigenvalue weighted by Gasteiger charge is 2.44. The number of aromatic amines is 2. The van der Waals surface area contributed by atoms with Crippen LogP contribution in [0.5, 0.6) is 5.75 Å². The Hall–Kier alpha value is -7.13. The fraction of sp³-hybridized carbons (Fsp3) is 0.423. The Morgan fingerprint density at radius 3 is 1.14 bits per heavy atom. The van der Waals surface area contributed by atoms with Crippen molar-refractivity contribution in [3.63, 3.8) is 0 Å². The Kier molecular flexibility index (Phi) is 21.1. The van der Waals surface area contributed by atoms with Crippen LogP contribution in [-0.2, 0) is 24.4 Å². The quantitative estimate of drug-likeness (QED) is 0.0208. The second-order valence-electron chi connectivity index (χ2n) is 23.1. The lowest BCUT2D eigenvalue weighted by Gasteiger charge is -2.39. The van der Waals surface area contributed by atoms with Crippen molar-refractivity contribution in [1.82, 2.24) is 19.9 Å². The molecule has 0 amide bonds. The summed E-state index contributed by atoms with van der Waals surface area (Å²) in [5.74, 6) is 0.369. The largest absolute Gasteiger partial charge is 0.462 e. The lowest BCUT2D eigenvalue weighted by molar-refractivity contribution is -0.697. The number of fused-ring (bicyclic) bond motifs is 8. The van der Waals surface area contributed by atoms with Crippen molar-refractivity contribution in [2.24, 2.45) is 0 Å². The summed E-state index contributed by atoms with van der Waals surface area (Å²) in [6.07, 6.45) is 37.2. The molecule has 3 aliphatic heterocycles. The highest BCUT2D eigenvalue weighted by Crippen LogP contribution is 2.39. The number of aryl methyl sites for hydroxylation is 3. The molecule has 9 heterocycles. The summed E-state index contributed by atoms with van der Waals surface area (Å²) in [4.78, 5) is 19.0. The molecule has 0 saturated carbocycles. The maximum absolute atomic E-state index is 10.8. The van der Waals surface area contributed by atoms with Crippen LogP contribution in [0.1, 0.15) is 159 Å². The maximum atomic E-state index is 10.8. The highest BCUT2D eigenvalue weighted by molar-refractivity contribution is 6.00. The van der Waals surface area contributed by atoms with Gasteiger partial charge < -0.3 is 39.9 Å². The molecule has 13 nitrogen and oxygen atoms in total. The van der Waals surface area contributed by atoms with Crippen LogP contribution in [0.4, 0.5) is 0 Å². The number of aliphatic hydroxyl groups is 4. The molecule has 0 unspecified atom stereocenters. The molecule has 1 fully saturated rings. The third-order valence-corrected chi connectivity index (χ3v) is 16.8. The first-order valence-corrected chi connectivity index (χ1v) is 31.5. The number of hydrogen-bond donors (Lipinski definition) is 6. The molecule has 440 valence electrons. The van der Waals surface area contributed by atoms with E-state index in [1.54, 1.807) is 12.1 Å². The number of aliphatic hydroxyl groups excluding tert-OH is 4. The molecule has 7 aromatic rings. The topological polar surface area (TPSA) is 168 Å². The van der Waals surface area contributed by atoms with E-state index in [1.165, 1.54) is 96.3 Å². The van der Waals surface area contributed by atoms with Gasteiger partial charge in [0.05, 0.1) is 29.4 Å². The molecule has 3 aliphatic rings. The van der Waals surface area contributed by atoms with E-state index in [0.717, 1.165) is 128 Å². The molecule has 1 aromatic carbocycles. The van der Waals surface area contributed by atoms with Gasteiger partial charge in [-0.2, -0.15) is 0 Å². The van der Waals surface area contributed by atoms with Crippen molar-refractivity contribution in [2.75, 3.05) is 6.61 Å². The Balaban J connectivity index is 1.13. The average molecular weight is 1140 g/mol. The van der Waals surface area contributed by atoms with E-state index < -0.39 is 37.3 Å².